The second-order valence-corrected chi connectivity index (χ2v) is 8.45. The maximum atomic E-state index is 13.3. The topological polar surface area (TPSA) is 103 Å². The van der Waals surface area contributed by atoms with Gasteiger partial charge in [0.25, 0.3) is 5.91 Å². The molecular formula is C23H31N5O4. The third kappa shape index (κ3) is 4.28. The first-order valence-corrected chi connectivity index (χ1v) is 11.5. The Morgan fingerprint density at radius 3 is 2.75 bits per heavy atom. The molecule has 1 saturated carbocycles. The SMILES string of the molecule is CCCC1=NNC2C(=O)N(CC(=O)Nc3cccc(C(=O)OCC)c3)C3CCCCC3N12. The molecule has 1 saturated heterocycles. The van der Waals surface area contributed by atoms with E-state index in [9.17, 15) is 14.4 Å². The third-order valence-electron chi connectivity index (χ3n) is 6.31. The highest BCUT2D eigenvalue weighted by Gasteiger charge is 2.50. The minimum Gasteiger partial charge on any atom is -0.462 e. The van der Waals surface area contributed by atoms with Crippen molar-refractivity contribution in [3.05, 3.63) is 29.8 Å². The number of ether oxygens (including phenoxy) is 1. The fourth-order valence-corrected chi connectivity index (χ4v) is 4.96. The molecule has 0 spiro atoms. The fourth-order valence-electron chi connectivity index (χ4n) is 4.96. The highest BCUT2D eigenvalue weighted by molar-refractivity contribution is 5.99. The molecule has 1 aliphatic carbocycles. The summed E-state index contributed by atoms with van der Waals surface area (Å²) < 4.78 is 5.02. The molecule has 3 unspecified atom stereocenters. The van der Waals surface area contributed by atoms with E-state index < -0.39 is 12.1 Å². The van der Waals surface area contributed by atoms with Crippen molar-refractivity contribution in [2.75, 3.05) is 18.5 Å². The van der Waals surface area contributed by atoms with Crippen LogP contribution in [-0.4, -0.2) is 64.8 Å². The lowest BCUT2D eigenvalue weighted by Crippen LogP contribution is -2.69. The van der Waals surface area contributed by atoms with Gasteiger partial charge >= 0.3 is 5.97 Å². The lowest BCUT2D eigenvalue weighted by atomic mass is 9.85. The molecule has 2 aliphatic heterocycles. The van der Waals surface area contributed by atoms with E-state index in [-0.39, 0.29) is 37.0 Å². The Kier molecular flexibility index (Phi) is 6.62. The van der Waals surface area contributed by atoms with Gasteiger partial charge < -0.3 is 19.9 Å². The second kappa shape index (κ2) is 9.58. The molecule has 3 atom stereocenters. The van der Waals surface area contributed by atoms with E-state index in [1.165, 1.54) is 0 Å². The molecule has 2 amide bonds. The summed E-state index contributed by atoms with van der Waals surface area (Å²) in [6.45, 7) is 4.10. The molecule has 4 rings (SSSR count). The molecular weight excluding hydrogens is 410 g/mol. The maximum Gasteiger partial charge on any atom is 0.338 e. The summed E-state index contributed by atoms with van der Waals surface area (Å²) in [5, 5.41) is 7.26. The van der Waals surface area contributed by atoms with Gasteiger partial charge in [0.2, 0.25) is 5.91 Å². The van der Waals surface area contributed by atoms with E-state index in [1.807, 2.05) is 0 Å². The predicted molar refractivity (Wildman–Crippen MR) is 120 cm³/mol. The largest absolute Gasteiger partial charge is 0.462 e. The molecule has 2 heterocycles. The Bertz CT molecular complexity index is 917. The van der Waals surface area contributed by atoms with Crippen molar-refractivity contribution < 1.29 is 19.1 Å². The number of amides is 2. The Labute approximate surface area is 188 Å². The van der Waals surface area contributed by atoms with E-state index in [0.717, 1.165) is 44.4 Å². The lowest BCUT2D eigenvalue weighted by Gasteiger charge is -2.51. The fraction of sp³-hybridized carbons (Fsp3) is 0.565. The quantitative estimate of drug-likeness (QED) is 0.630. The van der Waals surface area contributed by atoms with Crippen LogP contribution in [0.2, 0.25) is 0 Å². The van der Waals surface area contributed by atoms with Gasteiger partial charge in [-0.2, -0.15) is 5.10 Å². The number of rotatable bonds is 7. The molecule has 3 aliphatic rings. The number of anilines is 1. The summed E-state index contributed by atoms with van der Waals surface area (Å²) in [7, 11) is 0. The standard InChI is InChI=1S/C23H31N5O4/c1-3-8-19-25-26-21-22(30)27(17-11-5-6-12-18(17)28(19)21)14-20(29)24-16-10-7-9-15(13-16)23(31)32-4-2/h7,9-10,13,17-18,21,26H,3-6,8,11-12,14H2,1-2H3,(H,24,29). The molecule has 1 aromatic carbocycles. The second-order valence-electron chi connectivity index (χ2n) is 8.45. The Hall–Kier alpha value is -3.10. The van der Waals surface area contributed by atoms with Crippen LogP contribution in [0.25, 0.3) is 0 Å². The number of carbonyl (C=O) groups excluding carboxylic acids is 3. The summed E-state index contributed by atoms with van der Waals surface area (Å²) in [6.07, 6.45) is 5.28. The van der Waals surface area contributed by atoms with Crippen LogP contribution in [0.3, 0.4) is 0 Å². The van der Waals surface area contributed by atoms with E-state index >= 15 is 0 Å². The van der Waals surface area contributed by atoms with E-state index in [0.29, 0.717) is 11.3 Å². The summed E-state index contributed by atoms with van der Waals surface area (Å²) in [4.78, 5) is 42.0. The zero-order chi connectivity index (χ0) is 22.7. The molecule has 172 valence electrons. The van der Waals surface area contributed by atoms with Crippen molar-refractivity contribution in [2.45, 2.75) is 70.6 Å². The average Bonchev–Trinajstić information content (AvgIpc) is 3.21. The Morgan fingerprint density at radius 1 is 1.22 bits per heavy atom. The highest BCUT2D eigenvalue weighted by atomic mass is 16.5. The van der Waals surface area contributed by atoms with Gasteiger partial charge in [-0.25, -0.2) is 4.79 Å². The smallest absolute Gasteiger partial charge is 0.338 e. The molecule has 2 N–H and O–H groups in total. The number of hydrogen-bond donors (Lipinski definition) is 2. The van der Waals surface area contributed by atoms with Gasteiger partial charge in [-0.1, -0.05) is 25.8 Å². The van der Waals surface area contributed by atoms with Crippen molar-refractivity contribution in [3.8, 4) is 0 Å². The van der Waals surface area contributed by atoms with Crippen molar-refractivity contribution in [1.29, 1.82) is 0 Å². The van der Waals surface area contributed by atoms with Gasteiger partial charge in [0.1, 0.15) is 12.4 Å². The first-order valence-electron chi connectivity index (χ1n) is 11.5. The zero-order valence-electron chi connectivity index (χ0n) is 18.7. The number of benzene rings is 1. The van der Waals surface area contributed by atoms with Crippen LogP contribution in [0.4, 0.5) is 5.69 Å². The van der Waals surface area contributed by atoms with Gasteiger partial charge in [-0.15, -0.1) is 0 Å². The number of amidine groups is 1. The first-order chi connectivity index (χ1) is 15.5. The van der Waals surface area contributed by atoms with E-state index in [2.05, 4.69) is 27.7 Å². The van der Waals surface area contributed by atoms with Gasteiger partial charge in [0, 0.05) is 12.1 Å². The lowest BCUT2D eigenvalue weighted by molar-refractivity contribution is -0.151. The molecule has 0 bridgehead atoms. The van der Waals surface area contributed by atoms with Crippen molar-refractivity contribution in [2.24, 2.45) is 5.10 Å². The molecule has 9 heteroatoms. The summed E-state index contributed by atoms with van der Waals surface area (Å²) >= 11 is 0. The van der Waals surface area contributed by atoms with E-state index in [1.54, 1.807) is 36.1 Å². The number of carbonyl (C=O) groups is 3. The van der Waals surface area contributed by atoms with Crippen LogP contribution in [0.15, 0.2) is 29.4 Å². The Balaban J connectivity index is 1.47. The van der Waals surface area contributed by atoms with Gasteiger partial charge in [0.15, 0.2) is 6.17 Å². The number of nitrogens with zero attached hydrogens (tertiary/aromatic N) is 3. The number of piperazine rings is 1. The summed E-state index contributed by atoms with van der Waals surface area (Å²) in [5.41, 5.74) is 3.87. The molecule has 32 heavy (non-hydrogen) atoms. The summed E-state index contributed by atoms with van der Waals surface area (Å²) in [5.74, 6) is 0.112. The number of nitrogens with one attached hydrogen (secondary N) is 2. The predicted octanol–water partition coefficient (Wildman–Crippen LogP) is 2.30. The van der Waals surface area contributed by atoms with Crippen LogP contribution < -0.4 is 10.7 Å². The highest BCUT2D eigenvalue weighted by Crippen LogP contribution is 2.35. The van der Waals surface area contributed by atoms with Crippen molar-refractivity contribution >= 4 is 29.3 Å². The van der Waals surface area contributed by atoms with Crippen LogP contribution in [-0.2, 0) is 14.3 Å². The van der Waals surface area contributed by atoms with Crippen LogP contribution in [0, 0.1) is 0 Å². The van der Waals surface area contributed by atoms with E-state index in [4.69, 9.17) is 4.74 Å². The normalized spacial score (nSPS) is 24.2. The number of esters is 1. The zero-order valence-corrected chi connectivity index (χ0v) is 18.7. The molecule has 0 radical (unpaired) electrons. The Morgan fingerprint density at radius 2 is 2.00 bits per heavy atom. The van der Waals surface area contributed by atoms with Gasteiger partial charge in [0.05, 0.1) is 24.3 Å². The third-order valence-corrected chi connectivity index (χ3v) is 6.31. The number of fused-ring (bicyclic) bond motifs is 3. The van der Waals surface area contributed by atoms with Gasteiger partial charge in [-0.05, 0) is 44.4 Å². The molecule has 2 fully saturated rings. The minimum absolute atomic E-state index is 0.00827. The molecule has 0 aromatic heterocycles. The van der Waals surface area contributed by atoms with Crippen LogP contribution in [0.5, 0.6) is 0 Å². The first kappa shape index (κ1) is 22.1. The van der Waals surface area contributed by atoms with Gasteiger partial charge in [-0.3, -0.25) is 15.0 Å². The number of hydrogen-bond acceptors (Lipinski definition) is 7. The van der Waals surface area contributed by atoms with Crippen LogP contribution >= 0.6 is 0 Å². The number of hydrazone groups is 1. The molecule has 9 nitrogen and oxygen atoms in total. The minimum atomic E-state index is -0.532. The van der Waals surface area contributed by atoms with Crippen molar-refractivity contribution in [1.82, 2.24) is 15.2 Å². The monoisotopic (exact) mass is 441 g/mol. The summed E-state index contributed by atoms with van der Waals surface area (Å²) in [6, 6.07) is 6.80. The molecule has 1 aromatic rings. The van der Waals surface area contributed by atoms with Crippen molar-refractivity contribution in [3.63, 3.8) is 0 Å². The average molecular weight is 442 g/mol. The van der Waals surface area contributed by atoms with Crippen LogP contribution in [0.1, 0.15) is 62.7 Å². The maximum absolute atomic E-state index is 13.3.